The maximum atomic E-state index is 4.27. The van der Waals surface area contributed by atoms with Crippen molar-refractivity contribution in [3.63, 3.8) is 0 Å². The summed E-state index contributed by atoms with van der Waals surface area (Å²) in [7, 11) is 1.94. The van der Waals surface area contributed by atoms with E-state index in [1.54, 1.807) is 0 Å². The summed E-state index contributed by atoms with van der Waals surface area (Å²) < 4.78 is 1.92. The average molecular weight is 175 g/mol. The van der Waals surface area contributed by atoms with E-state index in [1.807, 2.05) is 24.0 Å². The van der Waals surface area contributed by atoms with E-state index in [-0.39, 0.29) is 0 Å². The number of pyridine rings is 1. The monoisotopic (exact) mass is 175 g/mol. The van der Waals surface area contributed by atoms with Crippen LogP contribution in [0.25, 0.3) is 5.52 Å². The fourth-order valence-electron chi connectivity index (χ4n) is 1.47. The van der Waals surface area contributed by atoms with Crippen LogP contribution in [-0.2, 0) is 6.54 Å². The molecule has 2 aromatic heterocycles. The third kappa shape index (κ3) is 1.42. The van der Waals surface area contributed by atoms with Crippen molar-refractivity contribution in [2.24, 2.45) is 0 Å². The van der Waals surface area contributed by atoms with Crippen LogP contribution in [0.2, 0.25) is 0 Å². The molecule has 0 bridgehead atoms. The lowest BCUT2D eigenvalue weighted by Gasteiger charge is -1.98. The van der Waals surface area contributed by atoms with Gasteiger partial charge in [0.2, 0.25) is 0 Å². The van der Waals surface area contributed by atoms with E-state index in [4.69, 9.17) is 0 Å². The Bertz CT molecular complexity index is 417. The van der Waals surface area contributed by atoms with Crippen molar-refractivity contribution >= 4 is 5.52 Å². The number of aryl methyl sites for hydroxylation is 1. The third-order valence-corrected chi connectivity index (χ3v) is 2.11. The molecule has 0 unspecified atom stereocenters. The highest BCUT2D eigenvalue weighted by Crippen LogP contribution is 2.10. The summed E-state index contributed by atoms with van der Waals surface area (Å²) in [6, 6.07) is 4.21. The predicted octanol–water partition coefficient (Wildman–Crippen LogP) is 1.36. The van der Waals surface area contributed by atoms with E-state index >= 15 is 0 Å². The van der Waals surface area contributed by atoms with Crippen LogP contribution >= 0.6 is 0 Å². The van der Waals surface area contributed by atoms with Crippen molar-refractivity contribution in [3.05, 3.63) is 35.7 Å². The molecule has 0 aliphatic rings. The van der Waals surface area contributed by atoms with E-state index in [0.717, 1.165) is 6.54 Å². The largest absolute Gasteiger partial charge is 0.316 e. The Hall–Kier alpha value is -1.35. The zero-order valence-corrected chi connectivity index (χ0v) is 7.91. The molecule has 0 radical (unpaired) electrons. The van der Waals surface area contributed by atoms with Gasteiger partial charge in [-0.3, -0.25) is 0 Å². The van der Waals surface area contributed by atoms with Gasteiger partial charge >= 0.3 is 0 Å². The third-order valence-electron chi connectivity index (χ3n) is 2.11. The molecule has 0 aliphatic heterocycles. The molecule has 2 rings (SSSR count). The second-order valence-corrected chi connectivity index (χ2v) is 3.24. The van der Waals surface area contributed by atoms with Gasteiger partial charge in [0.1, 0.15) is 0 Å². The highest BCUT2D eigenvalue weighted by molar-refractivity contribution is 5.53. The van der Waals surface area contributed by atoms with Gasteiger partial charge in [-0.05, 0) is 25.6 Å². The minimum Gasteiger partial charge on any atom is -0.316 e. The van der Waals surface area contributed by atoms with Crippen LogP contribution in [0.1, 0.15) is 11.1 Å². The van der Waals surface area contributed by atoms with Crippen molar-refractivity contribution in [1.82, 2.24) is 14.9 Å². The summed E-state index contributed by atoms with van der Waals surface area (Å²) in [5.41, 5.74) is 3.65. The van der Waals surface area contributed by atoms with E-state index in [2.05, 4.69) is 29.5 Å². The van der Waals surface area contributed by atoms with Crippen LogP contribution in [-0.4, -0.2) is 16.7 Å². The first kappa shape index (κ1) is 8.26. The van der Waals surface area contributed by atoms with E-state index < -0.39 is 0 Å². The second-order valence-electron chi connectivity index (χ2n) is 3.24. The van der Waals surface area contributed by atoms with Crippen LogP contribution in [0.3, 0.4) is 0 Å². The van der Waals surface area contributed by atoms with Crippen LogP contribution in [0.15, 0.2) is 24.5 Å². The first-order valence-electron chi connectivity index (χ1n) is 4.39. The Balaban J connectivity index is 2.55. The molecule has 0 aromatic carbocycles. The molecule has 68 valence electrons. The van der Waals surface area contributed by atoms with Crippen LogP contribution in [0.5, 0.6) is 0 Å². The number of hydrogen-bond acceptors (Lipinski definition) is 2. The normalized spacial score (nSPS) is 10.9. The van der Waals surface area contributed by atoms with Gasteiger partial charge in [-0.25, -0.2) is 4.52 Å². The maximum Gasteiger partial charge on any atom is 0.0706 e. The van der Waals surface area contributed by atoms with Gasteiger partial charge in [-0.15, -0.1) is 0 Å². The lowest BCUT2D eigenvalue weighted by Crippen LogP contribution is -2.04. The smallest absolute Gasteiger partial charge is 0.0706 e. The van der Waals surface area contributed by atoms with E-state index in [1.165, 1.54) is 16.6 Å². The first-order chi connectivity index (χ1) is 6.31. The number of rotatable bonds is 2. The summed E-state index contributed by atoms with van der Waals surface area (Å²) in [4.78, 5) is 0. The summed E-state index contributed by atoms with van der Waals surface area (Å²) in [6.45, 7) is 2.94. The van der Waals surface area contributed by atoms with Gasteiger partial charge in [-0.1, -0.05) is 6.07 Å². The highest BCUT2D eigenvalue weighted by atomic mass is 15.2. The van der Waals surface area contributed by atoms with E-state index in [0.29, 0.717) is 0 Å². The maximum absolute atomic E-state index is 4.27. The molecule has 2 aromatic rings. The first-order valence-corrected chi connectivity index (χ1v) is 4.39. The molecule has 3 nitrogen and oxygen atoms in total. The van der Waals surface area contributed by atoms with Crippen molar-refractivity contribution in [3.8, 4) is 0 Å². The standard InChI is InChI=1S/C10H13N3/c1-8-3-4-10-9(5-11-2)6-12-13(10)7-8/h3-4,6-7,11H,5H2,1-2H3. The minimum atomic E-state index is 0.868. The van der Waals surface area contributed by atoms with Crippen molar-refractivity contribution < 1.29 is 0 Å². The minimum absolute atomic E-state index is 0.868. The Labute approximate surface area is 77.4 Å². The van der Waals surface area contributed by atoms with Crippen molar-refractivity contribution in [2.75, 3.05) is 7.05 Å². The Kier molecular flexibility index (Phi) is 2.02. The molecule has 0 spiro atoms. The number of nitrogens with one attached hydrogen (secondary N) is 1. The van der Waals surface area contributed by atoms with Gasteiger partial charge in [0, 0.05) is 18.3 Å². The summed E-state index contributed by atoms with van der Waals surface area (Å²) in [5.74, 6) is 0. The fourth-order valence-corrected chi connectivity index (χ4v) is 1.47. The molecule has 2 heterocycles. The molecule has 0 aliphatic carbocycles. The Morgan fingerprint density at radius 2 is 2.31 bits per heavy atom. The van der Waals surface area contributed by atoms with Gasteiger partial charge in [0.25, 0.3) is 0 Å². The molecular formula is C10H13N3. The van der Waals surface area contributed by atoms with Gasteiger partial charge < -0.3 is 5.32 Å². The molecule has 1 N–H and O–H groups in total. The Morgan fingerprint density at radius 3 is 3.08 bits per heavy atom. The Morgan fingerprint density at radius 1 is 1.46 bits per heavy atom. The summed E-state index contributed by atoms with van der Waals surface area (Å²) in [6.07, 6.45) is 3.94. The van der Waals surface area contributed by atoms with Crippen LogP contribution in [0, 0.1) is 6.92 Å². The molecule has 13 heavy (non-hydrogen) atoms. The lowest BCUT2D eigenvalue weighted by atomic mass is 10.2. The van der Waals surface area contributed by atoms with Crippen LogP contribution < -0.4 is 5.32 Å². The van der Waals surface area contributed by atoms with Crippen LogP contribution in [0.4, 0.5) is 0 Å². The SMILES string of the molecule is CNCc1cnn2cc(C)ccc12. The molecule has 3 heteroatoms. The van der Waals surface area contributed by atoms with Crippen molar-refractivity contribution in [2.45, 2.75) is 13.5 Å². The molecule has 0 fully saturated rings. The van der Waals surface area contributed by atoms with E-state index in [9.17, 15) is 0 Å². The quantitative estimate of drug-likeness (QED) is 0.746. The molecule has 0 saturated heterocycles. The average Bonchev–Trinajstić information content (AvgIpc) is 2.49. The predicted molar refractivity (Wildman–Crippen MR) is 52.7 cm³/mol. The van der Waals surface area contributed by atoms with Gasteiger partial charge in [-0.2, -0.15) is 5.10 Å². The highest BCUT2D eigenvalue weighted by Gasteiger charge is 2.01. The molecule has 0 atom stereocenters. The summed E-state index contributed by atoms with van der Waals surface area (Å²) >= 11 is 0. The number of hydrogen-bond donors (Lipinski definition) is 1. The number of fused-ring (bicyclic) bond motifs is 1. The topological polar surface area (TPSA) is 29.3 Å². The van der Waals surface area contributed by atoms with Gasteiger partial charge in [0.15, 0.2) is 0 Å². The lowest BCUT2D eigenvalue weighted by molar-refractivity contribution is 0.823. The number of aromatic nitrogens is 2. The zero-order valence-electron chi connectivity index (χ0n) is 7.91. The second kappa shape index (κ2) is 3.18. The van der Waals surface area contributed by atoms with Gasteiger partial charge in [0.05, 0.1) is 11.7 Å². The van der Waals surface area contributed by atoms with Crippen molar-refractivity contribution in [1.29, 1.82) is 0 Å². The molecule has 0 saturated carbocycles. The summed E-state index contributed by atoms with van der Waals surface area (Å²) in [5, 5.41) is 7.40. The fraction of sp³-hybridized carbons (Fsp3) is 0.300. The zero-order chi connectivity index (χ0) is 9.26. The molecule has 0 amide bonds. The number of nitrogens with zero attached hydrogens (tertiary/aromatic N) is 2. The molecular weight excluding hydrogens is 162 g/mol.